The van der Waals surface area contributed by atoms with E-state index < -0.39 is 47.8 Å². The van der Waals surface area contributed by atoms with Crippen LogP contribution < -0.4 is 16.2 Å². The molecular weight excluding hydrogens is 397 g/mol. The molecule has 0 spiro atoms. The number of halogens is 5. The number of rotatable bonds is 7. The first-order valence-corrected chi connectivity index (χ1v) is 8.78. The first-order valence-electron chi connectivity index (χ1n) is 8.78. The summed E-state index contributed by atoms with van der Waals surface area (Å²) in [6.45, 7) is -0.395. The van der Waals surface area contributed by atoms with Crippen LogP contribution in [0.25, 0.3) is 0 Å². The van der Waals surface area contributed by atoms with E-state index in [4.69, 9.17) is 0 Å². The molecule has 1 aromatic carbocycles. The van der Waals surface area contributed by atoms with Gasteiger partial charge in [0.25, 0.3) is 24.3 Å². The summed E-state index contributed by atoms with van der Waals surface area (Å²) in [5.74, 6) is -1.90. The van der Waals surface area contributed by atoms with Crippen molar-refractivity contribution in [1.29, 1.82) is 0 Å². The number of carbonyl (C=O) groups excluding carboxylic acids is 1. The number of nitrogens with zero attached hydrogens (tertiary/aromatic N) is 1. The van der Waals surface area contributed by atoms with Gasteiger partial charge in [-0.15, -0.1) is 0 Å². The Kier molecular flexibility index (Phi) is 5.63. The standard InChI is InChI=1S/C19H18F5N3O2/c1-25-13-7-14(28)27(19(5-6-19)18(23)24)9-12(13)17(29)26-8-10-3-2-4-11(15(10)20)16(21)22/h2-4,7,9,16,18,25H,5-6,8H2,1H3,(H,26,29). The number of carbonyl (C=O) groups is 1. The zero-order valence-corrected chi connectivity index (χ0v) is 15.3. The Balaban J connectivity index is 1.88. The molecule has 0 atom stereocenters. The first-order chi connectivity index (χ1) is 13.7. The number of hydrogen-bond acceptors (Lipinski definition) is 3. The maximum atomic E-state index is 14.1. The summed E-state index contributed by atoms with van der Waals surface area (Å²) in [7, 11) is 1.45. The third-order valence-corrected chi connectivity index (χ3v) is 5.00. The van der Waals surface area contributed by atoms with Gasteiger partial charge in [0, 0.05) is 31.4 Å². The number of aromatic nitrogens is 1. The lowest BCUT2D eigenvalue weighted by molar-refractivity contribution is 0.0648. The molecule has 156 valence electrons. The van der Waals surface area contributed by atoms with E-state index in [0.29, 0.717) is 0 Å². The molecule has 1 fully saturated rings. The van der Waals surface area contributed by atoms with Crippen molar-refractivity contribution in [3.05, 3.63) is 63.3 Å². The molecule has 3 rings (SSSR count). The van der Waals surface area contributed by atoms with Crippen molar-refractivity contribution in [2.75, 3.05) is 12.4 Å². The van der Waals surface area contributed by atoms with Gasteiger partial charge in [-0.05, 0) is 12.8 Å². The van der Waals surface area contributed by atoms with Gasteiger partial charge in [-0.2, -0.15) is 0 Å². The summed E-state index contributed by atoms with van der Waals surface area (Å²) in [5, 5.41) is 5.02. The van der Waals surface area contributed by atoms with Gasteiger partial charge in [0.1, 0.15) is 11.4 Å². The maximum Gasteiger partial charge on any atom is 0.266 e. The summed E-state index contributed by atoms with van der Waals surface area (Å²) >= 11 is 0. The number of amides is 1. The highest BCUT2D eigenvalue weighted by Crippen LogP contribution is 2.47. The van der Waals surface area contributed by atoms with E-state index in [1.807, 2.05) is 0 Å². The van der Waals surface area contributed by atoms with E-state index in [0.717, 1.165) is 22.9 Å². The highest BCUT2D eigenvalue weighted by molar-refractivity contribution is 5.99. The Labute approximate surface area is 162 Å². The maximum absolute atomic E-state index is 14.1. The lowest BCUT2D eigenvalue weighted by Crippen LogP contribution is -2.37. The van der Waals surface area contributed by atoms with Crippen LogP contribution in [0.2, 0.25) is 0 Å². The van der Waals surface area contributed by atoms with Crippen molar-refractivity contribution in [1.82, 2.24) is 9.88 Å². The van der Waals surface area contributed by atoms with Crippen molar-refractivity contribution in [3.63, 3.8) is 0 Å². The predicted octanol–water partition coefficient (Wildman–Crippen LogP) is 3.65. The summed E-state index contributed by atoms with van der Waals surface area (Å²) in [4.78, 5) is 24.8. The minimum absolute atomic E-state index is 0.0931. The fourth-order valence-corrected chi connectivity index (χ4v) is 3.14. The normalized spacial score (nSPS) is 14.9. The van der Waals surface area contributed by atoms with Gasteiger partial charge in [-0.1, -0.05) is 18.2 Å². The number of hydrogen-bond donors (Lipinski definition) is 2. The Hall–Kier alpha value is -2.91. The second kappa shape index (κ2) is 7.84. The monoisotopic (exact) mass is 415 g/mol. The number of alkyl halides is 4. The number of benzene rings is 1. The van der Waals surface area contributed by atoms with Crippen molar-refractivity contribution in [2.24, 2.45) is 0 Å². The first kappa shape index (κ1) is 20.8. The topological polar surface area (TPSA) is 63.1 Å². The van der Waals surface area contributed by atoms with E-state index in [-0.39, 0.29) is 29.7 Å². The number of nitrogens with one attached hydrogen (secondary N) is 2. The molecule has 0 bridgehead atoms. The Morgan fingerprint density at radius 2 is 1.93 bits per heavy atom. The van der Waals surface area contributed by atoms with Crippen molar-refractivity contribution in [2.45, 2.75) is 37.8 Å². The van der Waals surface area contributed by atoms with Gasteiger partial charge in [0.2, 0.25) is 0 Å². The zero-order valence-electron chi connectivity index (χ0n) is 15.3. The molecule has 1 aliphatic carbocycles. The van der Waals surface area contributed by atoms with Crippen LogP contribution in [-0.4, -0.2) is 23.9 Å². The molecular formula is C19H18F5N3O2. The highest BCUT2D eigenvalue weighted by Gasteiger charge is 2.53. The molecule has 10 heteroatoms. The summed E-state index contributed by atoms with van der Waals surface area (Å²) in [6, 6.07) is 4.47. The summed E-state index contributed by atoms with van der Waals surface area (Å²) in [6.07, 6.45) is -4.52. The van der Waals surface area contributed by atoms with Gasteiger partial charge in [0.05, 0.1) is 16.8 Å². The fraction of sp³-hybridized carbons (Fsp3) is 0.368. The molecule has 1 aromatic heterocycles. The van der Waals surface area contributed by atoms with Crippen LogP contribution >= 0.6 is 0 Å². The lowest BCUT2D eigenvalue weighted by atomic mass is 10.1. The van der Waals surface area contributed by atoms with Crippen molar-refractivity contribution < 1.29 is 26.7 Å². The minimum atomic E-state index is -3.01. The second-order valence-corrected chi connectivity index (χ2v) is 6.77. The molecule has 2 N–H and O–H groups in total. The highest BCUT2D eigenvalue weighted by atomic mass is 19.3. The third kappa shape index (κ3) is 3.83. The van der Waals surface area contributed by atoms with Crippen LogP contribution in [0, 0.1) is 5.82 Å². The molecule has 1 heterocycles. The molecule has 29 heavy (non-hydrogen) atoms. The second-order valence-electron chi connectivity index (χ2n) is 6.77. The van der Waals surface area contributed by atoms with Crippen LogP contribution in [0.3, 0.4) is 0 Å². The van der Waals surface area contributed by atoms with Crippen LogP contribution in [0.15, 0.2) is 35.3 Å². The average molecular weight is 415 g/mol. The lowest BCUT2D eigenvalue weighted by Gasteiger charge is -2.20. The SMILES string of the molecule is CNc1cc(=O)n(C2(C(F)F)CC2)cc1C(=O)NCc1cccc(C(F)F)c1F. The zero-order chi connectivity index (χ0) is 21.3. The van der Waals surface area contributed by atoms with Crippen LogP contribution in [0.4, 0.5) is 27.6 Å². The van der Waals surface area contributed by atoms with Crippen LogP contribution in [-0.2, 0) is 12.1 Å². The largest absolute Gasteiger partial charge is 0.387 e. The predicted molar refractivity (Wildman–Crippen MR) is 96.0 cm³/mol. The molecule has 0 saturated heterocycles. The van der Waals surface area contributed by atoms with Crippen LogP contribution in [0.5, 0.6) is 0 Å². The van der Waals surface area contributed by atoms with Gasteiger partial charge in [-0.3, -0.25) is 9.59 Å². The van der Waals surface area contributed by atoms with Gasteiger partial charge < -0.3 is 15.2 Å². The minimum Gasteiger partial charge on any atom is -0.387 e. The smallest absolute Gasteiger partial charge is 0.266 e. The molecule has 1 saturated carbocycles. The molecule has 0 aliphatic heterocycles. The van der Waals surface area contributed by atoms with E-state index in [1.54, 1.807) is 0 Å². The Morgan fingerprint density at radius 3 is 2.48 bits per heavy atom. The van der Waals surface area contributed by atoms with E-state index in [2.05, 4.69) is 10.6 Å². The van der Waals surface area contributed by atoms with Crippen LogP contribution in [0.1, 0.15) is 40.8 Å². The quantitative estimate of drug-likeness (QED) is 0.679. The Morgan fingerprint density at radius 1 is 1.24 bits per heavy atom. The van der Waals surface area contributed by atoms with Gasteiger partial charge >= 0.3 is 0 Å². The molecule has 0 radical (unpaired) electrons. The van der Waals surface area contributed by atoms with Gasteiger partial charge in [0.15, 0.2) is 0 Å². The van der Waals surface area contributed by atoms with Crippen molar-refractivity contribution in [3.8, 4) is 0 Å². The summed E-state index contributed by atoms with van der Waals surface area (Å²) < 4.78 is 67.4. The van der Waals surface area contributed by atoms with Gasteiger partial charge in [-0.25, -0.2) is 22.0 Å². The number of pyridine rings is 1. The third-order valence-electron chi connectivity index (χ3n) is 5.00. The molecule has 5 nitrogen and oxygen atoms in total. The fourth-order valence-electron chi connectivity index (χ4n) is 3.14. The van der Waals surface area contributed by atoms with Crippen molar-refractivity contribution >= 4 is 11.6 Å². The molecule has 1 amide bonds. The molecule has 2 aromatic rings. The molecule has 1 aliphatic rings. The van der Waals surface area contributed by atoms with E-state index >= 15 is 0 Å². The number of anilines is 1. The Bertz CT molecular complexity index is 986. The average Bonchev–Trinajstić information content (AvgIpc) is 3.48. The van der Waals surface area contributed by atoms with E-state index in [1.165, 1.54) is 19.2 Å². The summed E-state index contributed by atoms with van der Waals surface area (Å²) in [5.41, 5.74) is -3.23. The molecule has 0 unspecified atom stereocenters. The van der Waals surface area contributed by atoms with E-state index in [9.17, 15) is 31.5 Å².